The number of carbonyl (C=O) groups excluding carboxylic acids is 1. The first-order chi connectivity index (χ1) is 13.9. The van der Waals surface area contributed by atoms with Gasteiger partial charge in [0.05, 0.1) is 12.1 Å². The minimum absolute atomic E-state index is 0.0727. The van der Waals surface area contributed by atoms with Crippen molar-refractivity contribution in [3.63, 3.8) is 0 Å². The van der Waals surface area contributed by atoms with Gasteiger partial charge in [-0.3, -0.25) is 10.3 Å². The number of halogens is 1. The van der Waals surface area contributed by atoms with Gasteiger partial charge in [-0.2, -0.15) is 0 Å². The van der Waals surface area contributed by atoms with Crippen molar-refractivity contribution < 1.29 is 9.53 Å². The Morgan fingerprint density at radius 1 is 1.31 bits per heavy atom. The molecule has 1 aromatic rings. The van der Waals surface area contributed by atoms with E-state index in [0.29, 0.717) is 19.1 Å². The lowest BCUT2D eigenvalue weighted by atomic mass is 9.95. The number of carbonyl (C=O) groups is 1. The molecule has 1 atom stereocenters. The van der Waals surface area contributed by atoms with E-state index in [1.807, 2.05) is 35.4 Å². The standard InChI is InChI=1S/C21H28BrN5O2/c1-21(2)17-12-23-19(25-16-7-9-29-10-8-16)26-18(17)13-27(21)20(28)24-11-14-3-5-15(22)6-4-14/h3-6,12,16,19,25-26H,7-11,13H2,1-2H3,(H,24,28). The predicted molar refractivity (Wildman–Crippen MR) is 117 cm³/mol. The largest absolute Gasteiger partial charge is 0.381 e. The zero-order valence-electron chi connectivity index (χ0n) is 16.9. The van der Waals surface area contributed by atoms with Crippen LogP contribution in [0.15, 0.2) is 45.0 Å². The third kappa shape index (κ3) is 4.49. The number of urea groups is 1. The third-order valence-corrected chi connectivity index (χ3v) is 6.38. The lowest BCUT2D eigenvalue weighted by molar-refractivity contribution is 0.0742. The van der Waals surface area contributed by atoms with E-state index in [4.69, 9.17) is 4.74 Å². The Kier molecular flexibility index (Phi) is 5.94. The molecule has 0 aliphatic carbocycles. The lowest BCUT2D eigenvalue weighted by Crippen LogP contribution is -2.49. The first-order valence-corrected chi connectivity index (χ1v) is 10.9. The molecule has 3 aliphatic rings. The molecule has 1 fully saturated rings. The van der Waals surface area contributed by atoms with Crippen LogP contribution in [0.1, 0.15) is 32.3 Å². The molecule has 0 bridgehead atoms. The van der Waals surface area contributed by atoms with Gasteiger partial charge < -0.3 is 20.3 Å². The fourth-order valence-corrected chi connectivity index (χ4v) is 4.30. The van der Waals surface area contributed by atoms with Crippen LogP contribution in [0.5, 0.6) is 0 Å². The van der Waals surface area contributed by atoms with E-state index >= 15 is 0 Å². The highest BCUT2D eigenvalue weighted by molar-refractivity contribution is 9.10. The fraction of sp³-hybridized carbons (Fsp3) is 0.524. The molecule has 3 N–H and O–H groups in total. The number of nitrogens with one attached hydrogen (secondary N) is 3. The van der Waals surface area contributed by atoms with E-state index in [0.717, 1.165) is 47.4 Å². The van der Waals surface area contributed by atoms with Crippen molar-refractivity contribution in [1.29, 1.82) is 0 Å². The van der Waals surface area contributed by atoms with Crippen LogP contribution >= 0.6 is 15.9 Å². The van der Waals surface area contributed by atoms with E-state index in [1.165, 1.54) is 0 Å². The monoisotopic (exact) mass is 461 g/mol. The molecule has 0 radical (unpaired) electrons. The van der Waals surface area contributed by atoms with E-state index in [1.54, 1.807) is 0 Å². The molecular weight excluding hydrogens is 434 g/mol. The Morgan fingerprint density at radius 2 is 2.03 bits per heavy atom. The van der Waals surface area contributed by atoms with Gasteiger partial charge in [-0.25, -0.2) is 4.79 Å². The van der Waals surface area contributed by atoms with Crippen LogP contribution in [-0.2, 0) is 11.3 Å². The summed E-state index contributed by atoms with van der Waals surface area (Å²) in [5.74, 6) is 0. The van der Waals surface area contributed by atoms with Gasteiger partial charge in [0.25, 0.3) is 0 Å². The van der Waals surface area contributed by atoms with Crippen LogP contribution in [0.25, 0.3) is 0 Å². The summed E-state index contributed by atoms with van der Waals surface area (Å²) in [4.78, 5) is 19.4. The number of aliphatic imine (C=N–C) groups is 1. The highest BCUT2D eigenvalue weighted by Crippen LogP contribution is 2.34. The Balaban J connectivity index is 1.36. The number of hydrogen-bond donors (Lipinski definition) is 3. The SMILES string of the molecule is CC1(C)C2=C(CN1C(=O)NCc1ccc(Br)cc1)NC(NC1CCOCC1)N=C2. The molecule has 0 spiro atoms. The van der Waals surface area contributed by atoms with Crippen molar-refractivity contribution in [1.82, 2.24) is 20.9 Å². The second-order valence-electron chi connectivity index (χ2n) is 8.20. The Labute approximate surface area is 180 Å². The lowest BCUT2D eigenvalue weighted by Gasteiger charge is -2.33. The van der Waals surface area contributed by atoms with Crippen molar-refractivity contribution in [3.8, 4) is 0 Å². The molecule has 3 aliphatic heterocycles. The highest BCUT2D eigenvalue weighted by Gasteiger charge is 2.43. The number of benzene rings is 1. The van der Waals surface area contributed by atoms with Gasteiger partial charge in [0, 0.05) is 47.8 Å². The Morgan fingerprint density at radius 3 is 2.76 bits per heavy atom. The average molecular weight is 462 g/mol. The molecule has 7 nitrogen and oxygen atoms in total. The van der Waals surface area contributed by atoms with Crippen LogP contribution in [0.3, 0.4) is 0 Å². The van der Waals surface area contributed by atoms with Gasteiger partial charge in [0.1, 0.15) is 0 Å². The molecule has 8 heteroatoms. The zero-order valence-corrected chi connectivity index (χ0v) is 18.5. The second-order valence-corrected chi connectivity index (χ2v) is 9.12. The van der Waals surface area contributed by atoms with Gasteiger partial charge in [-0.15, -0.1) is 0 Å². The van der Waals surface area contributed by atoms with E-state index < -0.39 is 5.54 Å². The van der Waals surface area contributed by atoms with Crippen LogP contribution in [0, 0.1) is 0 Å². The van der Waals surface area contributed by atoms with E-state index in [2.05, 4.69) is 50.7 Å². The summed E-state index contributed by atoms with van der Waals surface area (Å²) in [6, 6.07) is 8.30. The summed E-state index contributed by atoms with van der Waals surface area (Å²) < 4.78 is 6.45. The van der Waals surface area contributed by atoms with Gasteiger partial charge in [0.15, 0.2) is 6.29 Å². The van der Waals surface area contributed by atoms with Crippen molar-refractivity contribution in [3.05, 3.63) is 45.6 Å². The molecule has 1 aromatic carbocycles. The van der Waals surface area contributed by atoms with Crippen molar-refractivity contribution in [2.24, 2.45) is 4.99 Å². The number of rotatable bonds is 4. The van der Waals surface area contributed by atoms with Crippen molar-refractivity contribution in [2.75, 3.05) is 19.8 Å². The minimum Gasteiger partial charge on any atom is -0.381 e. The van der Waals surface area contributed by atoms with Crippen molar-refractivity contribution in [2.45, 2.75) is 51.1 Å². The molecular formula is C21H28BrN5O2. The Bertz CT molecular complexity index is 815. The van der Waals surface area contributed by atoms with E-state index in [9.17, 15) is 4.79 Å². The van der Waals surface area contributed by atoms with Crippen LogP contribution in [0.4, 0.5) is 4.79 Å². The maximum Gasteiger partial charge on any atom is 0.318 e. The summed E-state index contributed by atoms with van der Waals surface area (Å²) >= 11 is 3.43. The number of hydrogen-bond acceptors (Lipinski definition) is 5. The summed E-state index contributed by atoms with van der Waals surface area (Å²) in [7, 11) is 0. The summed E-state index contributed by atoms with van der Waals surface area (Å²) in [6.45, 7) is 6.76. The Hall–Kier alpha value is -1.90. The average Bonchev–Trinajstić information content (AvgIpc) is 2.98. The number of ether oxygens (including phenoxy) is 1. The molecule has 3 heterocycles. The molecule has 1 saturated heterocycles. The molecule has 0 saturated carbocycles. The summed E-state index contributed by atoms with van der Waals surface area (Å²) in [5.41, 5.74) is 2.78. The summed E-state index contributed by atoms with van der Waals surface area (Å²) in [5, 5.41) is 10.1. The third-order valence-electron chi connectivity index (χ3n) is 5.86. The van der Waals surface area contributed by atoms with Gasteiger partial charge in [0.2, 0.25) is 0 Å². The topological polar surface area (TPSA) is 78.0 Å². The maximum atomic E-state index is 12.9. The predicted octanol–water partition coefficient (Wildman–Crippen LogP) is 2.73. The van der Waals surface area contributed by atoms with Crippen LogP contribution < -0.4 is 16.0 Å². The quantitative estimate of drug-likeness (QED) is 0.643. The fourth-order valence-electron chi connectivity index (χ4n) is 4.04. The maximum absolute atomic E-state index is 12.9. The van der Waals surface area contributed by atoms with Gasteiger partial charge in [-0.05, 0) is 44.4 Å². The molecule has 2 amide bonds. The second kappa shape index (κ2) is 8.45. The smallest absolute Gasteiger partial charge is 0.318 e. The van der Waals surface area contributed by atoms with Gasteiger partial charge >= 0.3 is 6.03 Å². The highest BCUT2D eigenvalue weighted by atomic mass is 79.9. The summed E-state index contributed by atoms with van der Waals surface area (Å²) in [6.07, 6.45) is 3.76. The van der Waals surface area contributed by atoms with Crippen molar-refractivity contribution >= 4 is 28.2 Å². The first kappa shape index (κ1) is 20.4. The molecule has 1 unspecified atom stereocenters. The molecule has 29 heavy (non-hydrogen) atoms. The van der Waals surface area contributed by atoms with E-state index in [-0.39, 0.29) is 12.3 Å². The van der Waals surface area contributed by atoms with Crippen LogP contribution in [-0.4, -0.2) is 54.8 Å². The van der Waals surface area contributed by atoms with Crippen LogP contribution in [0.2, 0.25) is 0 Å². The molecule has 0 aromatic heterocycles. The first-order valence-electron chi connectivity index (χ1n) is 10.1. The molecule has 156 valence electrons. The normalized spacial score (nSPS) is 23.7. The minimum atomic E-state index is -0.417. The molecule has 4 rings (SSSR count). The van der Waals surface area contributed by atoms with Gasteiger partial charge in [-0.1, -0.05) is 28.1 Å². The number of amides is 2. The number of nitrogens with zero attached hydrogens (tertiary/aromatic N) is 2. The zero-order chi connectivity index (χ0) is 20.4.